The van der Waals surface area contributed by atoms with E-state index in [4.69, 9.17) is 0 Å². The minimum absolute atomic E-state index is 0.0462. The van der Waals surface area contributed by atoms with Gasteiger partial charge in [0, 0.05) is 34.3 Å². The number of fused-ring (bicyclic) bond motifs is 1. The van der Waals surface area contributed by atoms with E-state index in [0.717, 1.165) is 33.4 Å². The minimum atomic E-state index is -1.64. The Labute approximate surface area is 262 Å². The summed E-state index contributed by atoms with van der Waals surface area (Å²) in [6, 6.07) is 15.6. The summed E-state index contributed by atoms with van der Waals surface area (Å²) in [6.45, 7) is 9.15. The molecule has 1 amide bonds. The number of aryl methyl sites for hydroxylation is 1. The zero-order chi connectivity index (χ0) is 30.3. The summed E-state index contributed by atoms with van der Waals surface area (Å²) >= 11 is 2.23. The van der Waals surface area contributed by atoms with Gasteiger partial charge < -0.3 is 15.1 Å². The number of halogens is 1. The maximum Gasteiger partial charge on any atom is 0.264 e. The number of aliphatic hydroxyl groups is 2. The third kappa shape index (κ3) is 7.27. The Kier molecular flexibility index (Phi) is 10.9. The van der Waals surface area contributed by atoms with E-state index in [1.54, 1.807) is 9.58 Å². The Bertz CT molecular complexity index is 1460. The highest BCUT2D eigenvalue weighted by Gasteiger charge is 2.52. The molecule has 7 nitrogen and oxygen atoms in total. The van der Waals surface area contributed by atoms with Gasteiger partial charge in [-0.1, -0.05) is 77.9 Å². The molecule has 4 rings (SSSR count). The molecule has 2 N–H and O–H groups in total. The van der Waals surface area contributed by atoms with Crippen molar-refractivity contribution < 1.29 is 15.0 Å². The van der Waals surface area contributed by atoms with Crippen LogP contribution in [-0.4, -0.2) is 44.3 Å². The summed E-state index contributed by atoms with van der Waals surface area (Å²) in [5.41, 5.74) is 4.03. The predicted molar refractivity (Wildman–Crippen MR) is 176 cm³/mol. The van der Waals surface area contributed by atoms with Crippen molar-refractivity contribution in [2.24, 2.45) is 5.92 Å². The Balaban J connectivity index is 1.43. The van der Waals surface area contributed by atoms with Crippen molar-refractivity contribution in [2.45, 2.75) is 65.0 Å². The van der Waals surface area contributed by atoms with Gasteiger partial charge in [0.05, 0.1) is 23.9 Å². The van der Waals surface area contributed by atoms with Gasteiger partial charge >= 0.3 is 0 Å². The molecule has 0 saturated carbocycles. The first-order chi connectivity index (χ1) is 20.1. The maximum absolute atomic E-state index is 13.8. The fourth-order valence-electron chi connectivity index (χ4n) is 5.32. The summed E-state index contributed by atoms with van der Waals surface area (Å²) < 4.78 is 2.74. The molecule has 1 aliphatic rings. The Morgan fingerprint density at radius 3 is 2.57 bits per heavy atom. The molecular formula is C34H41IN4O3. The number of aromatic nitrogens is 3. The second-order valence-electron chi connectivity index (χ2n) is 11.3. The summed E-state index contributed by atoms with van der Waals surface area (Å²) in [5, 5.41) is 30.4. The third-order valence-corrected chi connectivity index (χ3v) is 8.52. The third-order valence-electron chi connectivity index (χ3n) is 7.85. The number of allylic oxidation sites excluding steroid dienone is 4. The number of hydrogen-bond donors (Lipinski definition) is 2. The van der Waals surface area contributed by atoms with E-state index in [0.29, 0.717) is 25.1 Å². The lowest BCUT2D eigenvalue weighted by atomic mass is 9.83. The SMILES string of the molecule is CC(C)=CCC/C(C)=C/CN1C(=O)[C@](O)([C@H](C)/C=C/CCn2cc(C(CO)c3ccccc3)nn2)c2cc(I)ccc21. The predicted octanol–water partition coefficient (Wildman–Crippen LogP) is 6.52. The lowest BCUT2D eigenvalue weighted by Gasteiger charge is -2.27. The average molecular weight is 681 g/mol. The number of benzene rings is 2. The van der Waals surface area contributed by atoms with Crippen LogP contribution in [0.3, 0.4) is 0 Å². The van der Waals surface area contributed by atoms with E-state index >= 15 is 0 Å². The zero-order valence-corrected chi connectivity index (χ0v) is 27.0. The Morgan fingerprint density at radius 1 is 1.10 bits per heavy atom. The molecule has 0 bridgehead atoms. The normalized spacial score (nSPS) is 18.4. The molecular weight excluding hydrogens is 639 g/mol. The standard InChI is InChI=1S/C34H41IN4O3/c1-24(2)11-10-12-25(3)18-20-39-32-17-16-28(35)21-30(32)34(42,33(39)41)26(4)13-8-9-19-38-22-31(36-37-38)29(23-40)27-14-6-5-7-15-27/h5-8,11,13-18,21-22,26,29,40,42H,9-10,12,19-20,23H2,1-4H3/b13-8+,25-18+/t26-,29?,34+/m1/s1. The molecule has 2 aromatic carbocycles. The zero-order valence-electron chi connectivity index (χ0n) is 24.9. The van der Waals surface area contributed by atoms with Crippen LogP contribution in [-0.2, 0) is 16.9 Å². The smallest absolute Gasteiger partial charge is 0.264 e. The molecule has 3 aromatic rings. The molecule has 222 valence electrons. The van der Waals surface area contributed by atoms with Crippen LogP contribution in [0.5, 0.6) is 0 Å². The number of amides is 1. The molecule has 2 heterocycles. The van der Waals surface area contributed by atoms with Gasteiger partial charge in [0.25, 0.3) is 5.91 Å². The number of rotatable bonds is 13. The van der Waals surface area contributed by atoms with Crippen LogP contribution in [0.25, 0.3) is 0 Å². The molecule has 42 heavy (non-hydrogen) atoms. The van der Waals surface area contributed by atoms with Gasteiger partial charge in [-0.05, 0) is 86.4 Å². The molecule has 1 aliphatic heterocycles. The van der Waals surface area contributed by atoms with Gasteiger partial charge in [-0.2, -0.15) is 0 Å². The lowest BCUT2D eigenvalue weighted by Crippen LogP contribution is -2.44. The van der Waals surface area contributed by atoms with E-state index < -0.39 is 11.5 Å². The number of carbonyl (C=O) groups is 1. The Morgan fingerprint density at radius 2 is 1.86 bits per heavy atom. The van der Waals surface area contributed by atoms with Crippen LogP contribution in [0.4, 0.5) is 5.69 Å². The van der Waals surface area contributed by atoms with E-state index in [1.807, 2.05) is 73.8 Å². The first-order valence-corrected chi connectivity index (χ1v) is 15.6. The number of nitrogens with zero attached hydrogens (tertiary/aromatic N) is 4. The maximum atomic E-state index is 13.8. The quantitative estimate of drug-likeness (QED) is 0.159. The molecule has 0 aliphatic carbocycles. The first-order valence-electron chi connectivity index (χ1n) is 14.5. The molecule has 0 spiro atoms. The van der Waals surface area contributed by atoms with E-state index in [9.17, 15) is 15.0 Å². The van der Waals surface area contributed by atoms with Crippen LogP contribution < -0.4 is 4.90 Å². The van der Waals surface area contributed by atoms with Crippen molar-refractivity contribution in [3.8, 4) is 0 Å². The topological polar surface area (TPSA) is 91.5 Å². The lowest BCUT2D eigenvalue weighted by molar-refractivity contribution is -0.139. The molecule has 1 unspecified atom stereocenters. The van der Waals surface area contributed by atoms with Crippen LogP contribution >= 0.6 is 22.6 Å². The van der Waals surface area contributed by atoms with Gasteiger partial charge in [-0.3, -0.25) is 9.48 Å². The monoisotopic (exact) mass is 680 g/mol. The second-order valence-corrected chi connectivity index (χ2v) is 12.5. The molecule has 0 fully saturated rings. The van der Waals surface area contributed by atoms with Gasteiger partial charge in [0.1, 0.15) is 0 Å². The van der Waals surface area contributed by atoms with Crippen molar-refractivity contribution in [3.05, 3.63) is 111 Å². The molecule has 8 heteroatoms. The van der Waals surface area contributed by atoms with Crippen molar-refractivity contribution in [1.29, 1.82) is 0 Å². The van der Waals surface area contributed by atoms with Crippen LogP contribution in [0.2, 0.25) is 0 Å². The highest BCUT2D eigenvalue weighted by molar-refractivity contribution is 14.1. The van der Waals surface area contributed by atoms with Gasteiger partial charge in [0.2, 0.25) is 0 Å². The number of hydrogen-bond acceptors (Lipinski definition) is 5. The van der Waals surface area contributed by atoms with Crippen LogP contribution in [0.1, 0.15) is 69.7 Å². The van der Waals surface area contributed by atoms with Gasteiger partial charge in [-0.25, -0.2) is 0 Å². The number of anilines is 1. The van der Waals surface area contributed by atoms with Crippen LogP contribution in [0, 0.1) is 9.49 Å². The molecule has 0 radical (unpaired) electrons. The van der Waals surface area contributed by atoms with Gasteiger partial charge in [0.15, 0.2) is 5.60 Å². The van der Waals surface area contributed by atoms with Crippen LogP contribution in [0.15, 0.2) is 90.2 Å². The van der Waals surface area contributed by atoms with Crippen molar-refractivity contribution >= 4 is 34.2 Å². The van der Waals surface area contributed by atoms with E-state index in [2.05, 4.69) is 65.8 Å². The average Bonchev–Trinajstić information content (AvgIpc) is 3.52. The second kappa shape index (κ2) is 14.4. The summed E-state index contributed by atoms with van der Waals surface area (Å²) in [4.78, 5) is 15.5. The largest absolute Gasteiger partial charge is 0.395 e. The van der Waals surface area contributed by atoms with Gasteiger partial charge in [-0.15, -0.1) is 5.10 Å². The highest BCUT2D eigenvalue weighted by Crippen LogP contribution is 2.45. The Hall–Kier alpha value is -3.08. The van der Waals surface area contributed by atoms with Crippen molar-refractivity contribution in [1.82, 2.24) is 15.0 Å². The number of aliphatic hydroxyl groups excluding tert-OH is 1. The summed E-state index contributed by atoms with van der Waals surface area (Å²) in [5.74, 6) is -0.945. The molecule has 0 saturated heterocycles. The summed E-state index contributed by atoms with van der Waals surface area (Å²) in [7, 11) is 0. The van der Waals surface area contributed by atoms with E-state index in [-0.39, 0.29) is 18.4 Å². The minimum Gasteiger partial charge on any atom is -0.395 e. The molecule has 1 aromatic heterocycles. The van der Waals surface area contributed by atoms with Crippen molar-refractivity contribution in [3.63, 3.8) is 0 Å². The molecule has 3 atom stereocenters. The fraction of sp³-hybridized carbons (Fsp3) is 0.382. The van der Waals surface area contributed by atoms with Crippen molar-refractivity contribution in [2.75, 3.05) is 18.1 Å². The summed E-state index contributed by atoms with van der Waals surface area (Å²) in [6.07, 6.45) is 12.7. The first kappa shape index (κ1) is 31.8. The number of carbonyl (C=O) groups excluding carboxylic acids is 1. The highest BCUT2D eigenvalue weighted by atomic mass is 127. The fourth-order valence-corrected chi connectivity index (χ4v) is 5.81. The van der Waals surface area contributed by atoms with E-state index in [1.165, 1.54) is 11.1 Å².